The summed E-state index contributed by atoms with van der Waals surface area (Å²) in [5.74, 6) is 0.978. The molecule has 1 N–H and O–H groups in total. The molecule has 0 aromatic carbocycles. The molecule has 0 heterocycles. The van der Waals surface area contributed by atoms with Crippen molar-refractivity contribution in [3.05, 3.63) is 34.9 Å². The van der Waals surface area contributed by atoms with Crippen molar-refractivity contribution in [2.45, 2.75) is 51.0 Å². The molecule has 1 fully saturated rings. The van der Waals surface area contributed by atoms with Crippen molar-refractivity contribution in [2.75, 3.05) is 6.67 Å². The van der Waals surface area contributed by atoms with Gasteiger partial charge in [-0.15, -0.1) is 0 Å². The van der Waals surface area contributed by atoms with E-state index in [0.29, 0.717) is 24.7 Å². The summed E-state index contributed by atoms with van der Waals surface area (Å²) in [5, 5.41) is 10.7. The second-order valence-corrected chi connectivity index (χ2v) is 7.64. The number of alkyl halides is 1. The van der Waals surface area contributed by atoms with Gasteiger partial charge in [0.25, 0.3) is 0 Å². The van der Waals surface area contributed by atoms with Crippen molar-refractivity contribution in [1.29, 1.82) is 0 Å². The van der Waals surface area contributed by atoms with Crippen molar-refractivity contribution in [3.8, 4) is 0 Å². The third kappa shape index (κ3) is 1.72. The van der Waals surface area contributed by atoms with Crippen molar-refractivity contribution in [1.82, 2.24) is 0 Å². The van der Waals surface area contributed by atoms with Crippen molar-refractivity contribution in [2.24, 2.45) is 17.3 Å². The highest BCUT2D eigenvalue weighted by Crippen LogP contribution is 2.60. The summed E-state index contributed by atoms with van der Waals surface area (Å²) in [6.07, 6.45) is 10.9. The first-order valence-corrected chi connectivity index (χ1v) is 8.43. The number of allylic oxidation sites excluding steroid dienone is 5. The van der Waals surface area contributed by atoms with Crippen LogP contribution in [0.4, 0.5) is 4.39 Å². The minimum atomic E-state index is -1.21. The first kappa shape index (κ1) is 14.4. The van der Waals surface area contributed by atoms with E-state index in [9.17, 15) is 14.3 Å². The number of fused-ring (bicyclic) bond motifs is 4. The minimum absolute atomic E-state index is 0.245. The molecule has 4 atom stereocenters. The van der Waals surface area contributed by atoms with Crippen LogP contribution in [-0.4, -0.2) is 23.2 Å². The van der Waals surface area contributed by atoms with Crippen LogP contribution in [0.5, 0.6) is 0 Å². The molecular formula is C19H23FO2. The van der Waals surface area contributed by atoms with E-state index in [-0.39, 0.29) is 5.78 Å². The maximum Gasteiger partial charge on any atom is 0.156 e. The summed E-state index contributed by atoms with van der Waals surface area (Å²) in [4.78, 5) is 11.6. The summed E-state index contributed by atoms with van der Waals surface area (Å²) in [7, 11) is 0. The highest BCUT2D eigenvalue weighted by molar-refractivity contribution is 5.93. The Morgan fingerprint density at radius 3 is 2.91 bits per heavy atom. The topological polar surface area (TPSA) is 37.3 Å². The summed E-state index contributed by atoms with van der Waals surface area (Å²) >= 11 is 0. The minimum Gasteiger partial charge on any atom is -0.386 e. The number of ketones is 1. The van der Waals surface area contributed by atoms with Crippen LogP contribution in [-0.2, 0) is 4.79 Å². The van der Waals surface area contributed by atoms with Crippen LogP contribution in [0.2, 0.25) is 0 Å². The highest BCUT2D eigenvalue weighted by Gasteiger charge is 2.59. The van der Waals surface area contributed by atoms with Gasteiger partial charge in [0, 0.05) is 11.8 Å². The molecule has 0 aromatic rings. The Bertz CT molecular complexity index is 629. The molecule has 0 spiro atoms. The standard InChI is InChI=1S/C19H23FO2/c1-18-8-6-15-14-5-3-13(21)10-12(14)2-4-16(15)17(18)7-9-19(18,22)11-20/h6,8,10,16-17,22H,2-5,7,9,11H2,1H3/t16-,17+,18+,19-/m1/s1/i20-1. The quantitative estimate of drug-likeness (QED) is 0.802. The molecule has 0 saturated heterocycles. The molecule has 22 heavy (non-hydrogen) atoms. The monoisotopic (exact) mass is 301 g/mol. The van der Waals surface area contributed by atoms with Crippen LogP contribution < -0.4 is 0 Å². The zero-order valence-electron chi connectivity index (χ0n) is 13.1. The molecule has 0 aromatic heterocycles. The number of aliphatic hydroxyl groups is 1. The molecule has 0 radical (unpaired) electrons. The van der Waals surface area contributed by atoms with Crippen LogP contribution in [0.3, 0.4) is 0 Å². The van der Waals surface area contributed by atoms with Gasteiger partial charge in [-0.25, -0.2) is 4.39 Å². The van der Waals surface area contributed by atoms with Crippen LogP contribution >= 0.6 is 0 Å². The zero-order chi connectivity index (χ0) is 15.5. The Kier molecular flexibility index (Phi) is 3.03. The first-order chi connectivity index (χ1) is 10.5. The number of carbonyl (C=O) groups is 1. The maximum atomic E-state index is 13.5. The number of rotatable bonds is 1. The van der Waals surface area contributed by atoms with E-state index in [1.54, 1.807) is 0 Å². The molecule has 0 aliphatic heterocycles. The van der Waals surface area contributed by atoms with E-state index in [0.717, 1.165) is 25.7 Å². The smallest absolute Gasteiger partial charge is 0.156 e. The SMILES string of the molecule is C[C@]12C=CC3=C4CCC(=O)C=C4CC[C@H]3[C@@H]1CC[C@@]2(O)C[18F]. The highest BCUT2D eigenvalue weighted by atomic mass is 18.2. The summed E-state index contributed by atoms with van der Waals surface area (Å²) < 4.78 is 13.5. The fourth-order valence-electron chi connectivity index (χ4n) is 5.33. The first-order valence-electron chi connectivity index (χ1n) is 8.43. The van der Waals surface area contributed by atoms with E-state index < -0.39 is 17.7 Å². The third-order valence-corrected chi connectivity index (χ3v) is 6.77. The van der Waals surface area contributed by atoms with E-state index in [4.69, 9.17) is 0 Å². The molecular weight excluding hydrogens is 278 g/mol. The van der Waals surface area contributed by atoms with E-state index >= 15 is 0 Å². The third-order valence-electron chi connectivity index (χ3n) is 6.77. The van der Waals surface area contributed by atoms with Gasteiger partial charge in [0.05, 0.1) is 0 Å². The summed E-state index contributed by atoms with van der Waals surface area (Å²) in [5.41, 5.74) is 2.26. The number of halogens is 1. The molecule has 4 rings (SSSR count). The normalized spacial score (nSPS) is 43.6. The lowest BCUT2D eigenvalue weighted by Gasteiger charge is -2.47. The van der Waals surface area contributed by atoms with Gasteiger partial charge in [0.2, 0.25) is 0 Å². The Morgan fingerprint density at radius 1 is 1.32 bits per heavy atom. The fraction of sp³-hybridized carbons (Fsp3) is 0.632. The lowest BCUT2D eigenvalue weighted by atomic mass is 9.58. The second kappa shape index (κ2) is 4.64. The van der Waals surface area contributed by atoms with Gasteiger partial charge in [-0.1, -0.05) is 19.1 Å². The van der Waals surface area contributed by atoms with Gasteiger partial charge in [-0.3, -0.25) is 4.79 Å². The summed E-state index contributed by atoms with van der Waals surface area (Å²) in [6, 6.07) is 0. The molecule has 0 unspecified atom stereocenters. The van der Waals surface area contributed by atoms with Crippen molar-refractivity contribution in [3.63, 3.8) is 0 Å². The van der Waals surface area contributed by atoms with Gasteiger partial charge in [-0.2, -0.15) is 0 Å². The van der Waals surface area contributed by atoms with Crippen LogP contribution in [0, 0.1) is 17.3 Å². The molecule has 4 aliphatic rings. The number of hydrogen-bond acceptors (Lipinski definition) is 2. The molecule has 1 saturated carbocycles. The molecule has 118 valence electrons. The maximum absolute atomic E-state index is 13.5. The molecule has 2 nitrogen and oxygen atoms in total. The number of carbonyl (C=O) groups excluding carboxylic acids is 1. The van der Waals surface area contributed by atoms with Gasteiger partial charge < -0.3 is 5.11 Å². The van der Waals surface area contributed by atoms with Gasteiger partial charge >= 0.3 is 0 Å². The van der Waals surface area contributed by atoms with E-state index in [1.165, 1.54) is 16.7 Å². The van der Waals surface area contributed by atoms with Crippen LogP contribution in [0.1, 0.15) is 45.4 Å². The van der Waals surface area contributed by atoms with E-state index in [2.05, 4.69) is 12.2 Å². The van der Waals surface area contributed by atoms with Gasteiger partial charge in [0.15, 0.2) is 5.78 Å². The predicted molar refractivity (Wildman–Crippen MR) is 83.0 cm³/mol. The number of hydrogen-bond donors (Lipinski definition) is 1. The molecule has 4 aliphatic carbocycles. The Balaban J connectivity index is 1.81. The average molecular weight is 301 g/mol. The van der Waals surface area contributed by atoms with Crippen LogP contribution in [0.15, 0.2) is 34.9 Å². The molecule has 3 heteroatoms. The largest absolute Gasteiger partial charge is 0.386 e. The van der Waals surface area contributed by atoms with Crippen molar-refractivity contribution < 1.29 is 14.3 Å². The zero-order valence-corrected chi connectivity index (χ0v) is 13.1. The Morgan fingerprint density at radius 2 is 2.14 bits per heavy atom. The molecule has 0 amide bonds. The lowest BCUT2D eigenvalue weighted by Crippen LogP contribution is -2.49. The van der Waals surface area contributed by atoms with E-state index in [1.807, 2.05) is 13.0 Å². The van der Waals surface area contributed by atoms with Crippen molar-refractivity contribution >= 4 is 5.78 Å². The Labute approximate surface area is 130 Å². The fourth-order valence-corrected chi connectivity index (χ4v) is 5.33. The Hall–Kier alpha value is -1.22. The molecule has 0 bridgehead atoms. The lowest BCUT2D eigenvalue weighted by molar-refractivity contribution is -0.114. The average Bonchev–Trinajstić information content (AvgIpc) is 2.79. The second-order valence-electron chi connectivity index (χ2n) is 7.64. The van der Waals surface area contributed by atoms with Gasteiger partial charge in [0.1, 0.15) is 12.3 Å². The summed E-state index contributed by atoms with van der Waals surface area (Å²) in [6.45, 7) is 1.36. The van der Waals surface area contributed by atoms with Gasteiger partial charge in [-0.05, 0) is 66.7 Å². The van der Waals surface area contributed by atoms with Crippen LogP contribution in [0.25, 0.3) is 0 Å². The predicted octanol–water partition coefficient (Wildman–Crippen LogP) is 3.67.